The molecule has 104 valence electrons. The number of hydrogen-bond acceptors (Lipinski definition) is 1. The molecule has 1 aromatic rings. The minimum Gasteiger partial charge on any atom is -0.349 e. The van der Waals surface area contributed by atoms with Crippen molar-refractivity contribution in [1.82, 2.24) is 5.32 Å². The van der Waals surface area contributed by atoms with Gasteiger partial charge in [-0.25, -0.2) is 0 Å². The normalized spacial score (nSPS) is 27.1. The molecule has 3 atom stereocenters. The van der Waals surface area contributed by atoms with Gasteiger partial charge in [0.05, 0.1) is 15.6 Å². The maximum absolute atomic E-state index is 12.3. The molecule has 0 aliphatic heterocycles. The average Bonchev–Trinajstić information content (AvgIpc) is 2.35. The van der Waals surface area contributed by atoms with Crippen molar-refractivity contribution in [2.45, 2.75) is 39.2 Å². The predicted molar refractivity (Wildman–Crippen MR) is 79.9 cm³/mol. The Morgan fingerprint density at radius 2 is 1.84 bits per heavy atom. The summed E-state index contributed by atoms with van der Waals surface area (Å²) in [4.78, 5) is 12.3. The average molecular weight is 300 g/mol. The van der Waals surface area contributed by atoms with Gasteiger partial charge >= 0.3 is 0 Å². The third kappa shape index (κ3) is 3.24. The zero-order valence-electron chi connectivity index (χ0n) is 11.2. The lowest BCUT2D eigenvalue weighted by atomic mass is 9.78. The Kier molecular flexibility index (Phi) is 4.75. The number of rotatable bonds is 2. The molecule has 4 heteroatoms. The van der Waals surface area contributed by atoms with Gasteiger partial charge in [0.1, 0.15) is 0 Å². The molecule has 0 heterocycles. The van der Waals surface area contributed by atoms with Crippen molar-refractivity contribution in [1.29, 1.82) is 0 Å². The highest BCUT2D eigenvalue weighted by Crippen LogP contribution is 2.30. The summed E-state index contributed by atoms with van der Waals surface area (Å²) in [5.74, 6) is 0.960. The van der Waals surface area contributed by atoms with E-state index in [2.05, 4.69) is 19.2 Å². The van der Waals surface area contributed by atoms with Crippen molar-refractivity contribution >= 4 is 29.1 Å². The van der Waals surface area contributed by atoms with Crippen LogP contribution < -0.4 is 5.32 Å². The Morgan fingerprint density at radius 1 is 1.21 bits per heavy atom. The zero-order chi connectivity index (χ0) is 14.0. The van der Waals surface area contributed by atoms with Gasteiger partial charge in [-0.2, -0.15) is 0 Å². The Balaban J connectivity index is 2.13. The number of carbonyl (C=O) groups is 1. The van der Waals surface area contributed by atoms with E-state index in [1.165, 1.54) is 6.42 Å². The first kappa shape index (κ1) is 14.7. The monoisotopic (exact) mass is 299 g/mol. The molecule has 2 nitrogen and oxygen atoms in total. The van der Waals surface area contributed by atoms with E-state index < -0.39 is 0 Å². The first-order valence-electron chi connectivity index (χ1n) is 6.75. The molecular weight excluding hydrogens is 281 g/mol. The van der Waals surface area contributed by atoms with E-state index in [4.69, 9.17) is 23.2 Å². The maximum atomic E-state index is 12.3. The number of amides is 1. The fourth-order valence-electron chi connectivity index (χ4n) is 2.74. The van der Waals surface area contributed by atoms with Crippen molar-refractivity contribution in [3.8, 4) is 0 Å². The van der Waals surface area contributed by atoms with Crippen LogP contribution in [0.1, 0.15) is 43.5 Å². The lowest BCUT2D eigenvalue weighted by molar-refractivity contribution is 0.0891. The van der Waals surface area contributed by atoms with E-state index in [1.807, 2.05) is 0 Å². The molecule has 0 saturated heterocycles. The number of nitrogens with one attached hydrogen (secondary N) is 1. The SMILES string of the molecule is CC1CCCC(NC(=O)c2c(Cl)cccc2Cl)C1C. The van der Waals surface area contributed by atoms with Crippen molar-refractivity contribution in [3.63, 3.8) is 0 Å². The van der Waals surface area contributed by atoms with Gasteiger partial charge in [0.15, 0.2) is 0 Å². The van der Waals surface area contributed by atoms with Gasteiger partial charge in [0.25, 0.3) is 5.91 Å². The van der Waals surface area contributed by atoms with Crippen LogP contribution in [0.3, 0.4) is 0 Å². The van der Waals surface area contributed by atoms with Crippen LogP contribution in [0.5, 0.6) is 0 Å². The second-order valence-corrected chi connectivity index (χ2v) is 6.26. The second-order valence-electron chi connectivity index (χ2n) is 5.44. The molecule has 0 bridgehead atoms. The minimum absolute atomic E-state index is 0.165. The third-order valence-corrected chi connectivity index (χ3v) is 4.84. The summed E-state index contributed by atoms with van der Waals surface area (Å²) in [7, 11) is 0. The van der Waals surface area contributed by atoms with Crippen molar-refractivity contribution in [2.24, 2.45) is 11.8 Å². The quantitative estimate of drug-likeness (QED) is 0.853. The summed E-state index contributed by atoms with van der Waals surface area (Å²) >= 11 is 12.1. The molecule has 19 heavy (non-hydrogen) atoms. The van der Waals surface area contributed by atoms with Crippen LogP contribution >= 0.6 is 23.2 Å². The van der Waals surface area contributed by atoms with Crippen LogP contribution in [0.25, 0.3) is 0 Å². The molecule has 2 rings (SSSR count). The highest BCUT2D eigenvalue weighted by atomic mass is 35.5. The Morgan fingerprint density at radius 3 is 2.47 bits per heavy atom. The number of benzene rings is 1. The number of carbonyl (C=O) groups excluding carboxylic acids is 1. The van der Waals surface area contributed by atoms with Crippen LogP contribution in [0.15, 0.2) is 18.2 Å². The molecule has 1 aliphatic carbocycles. The Labute approximate surface area is 124 Å². The van der Waals surface area contributed by atoms with E-state index in [0.29, 0.717) is 27.4 Å². The van der Waals surface area contributed by atoms with Crippen molar-refractivity contribution in [2.75, 3.05) is 0 Å². The lowest BCUT2D eigenvalue weighted by Crippen LogP contribution is -2.43. The maximum Gasteiger partial charge on any atom is 0.254 e. The molecule has 1 amide bonds. The summed E-state index contributed by atoms with van der Waals surface area (Å²) in [6.07, 6.45) is 3.42. The fraction of sp³-hybridized carbons (Fsp3) is 0.533. The topological polar surface area (TPSA) is 29.1 Å². The van der Waals surface area contributed by atoms with Gasteiger partial charge in [-0.1, -0.05) is 56.0 Å². The van der Waals surface area contributed by atoms with Crippen LogP contribution in [0.2, 0.25) is 10.0 Å². The van der Waals surface area contributed by atoms with Gasteiger partial charge in [0.2, 0.25) is 0 Å². The van der Waals surface area contributed by atoms with E-state index >= 15 is 0 Å². The summed E-state index contributed by atoms with van der Waals surface area (Å²) in [6, 6.07) is 5.33. The van der Waals surface area contributed by atoms with Crippen molar-refractivity contribution in [3.05, 3.63) is 33.8 Å². The molecule has 1 N–H and O–H groups in total. The summed E-state index contributed by atoms with van der Waals surface area (Å²) in [5.41, 5.74) is 0.385. The van der Waals surface area contributed by atoms with Gasteiger partial charge in [0, 0.05) is 6.04 Å². The zero-order valence-corrected chi connectivity index (χ0v) is 12.8. The third-order valence-electron chi connectivity index (χ3n) is 4.21. The van der Waals surface area contributed by atoms with Gasteiger partial charge in [-0.3, -0.25) is 4.79 Å². The summed E-state index contributed by atoms with van der Waals surface area (Å²) in [6.45, 7) is 4.44. The van der Waals surface area contributed by atoms with E-state index in [-0.39, 0.29) is 11.9 Å². The highest BCUT2D eigenvalue weighted by Gasteiger charge is 2.29. The molecule has 3 unspecified atom stereocenters. The predicted octanol–water partition coefficient (Wildman–Crippen LogP) is 4.55. The molecule has 1 fully saturated rings. The van der Waals surface area contributed by atoms with Crippen LogP contribution in [0, 0.1) is 11.8 Å². The first-order valence-corrected chi connectivity index (χ1v) is 7.51. The van der Waals surface area contributed by atoms with E-state index in [1.54, 1.807) is 18.2 Å². The second kappa shape index (κ2) is 6.15. The van der Waals surface area contributed by atoms with E-state index in [9.17, 15) is 4.79 Å². The van der Waals surface area contributed by atoms with Crippen LogP contribution in [-0.4, -0.2) is 11.9 Å². The molecule has 1 aromatic carbocycles. The molecule has 1 aliphatic rings. The van der Waals surface area contributed by atoms with Crippen LogP contribution in [0.4, 0.5) is 0 Å². The number of halogens is 2. The Bertz CT molecular complexity index is 455. The minimum atomic E-state index is -0.165. The molecule has 0 spiro atoms. The first-order chi connectivity index (χ1) is 9.00. The van der Waals surface area contributed by atoms with Crippen LogP contribution in [-0.2, 0) is 0 Å². The number of hydrogen-bond donors (Lipinski definition) is 1. The molecular formula is C15H19Cl2NO. The van der Waals surface area contributed by atoms with Gasteiger partial charge < -0.3 is 5.32 Å². The Hall–Kier alpha value is -0.730. The van der Waals surface area contributed by atoms with Gasteiger partial charge in [-0.05, 0) is 30.4 Å². The lowest BCUT2D eigenvalue weighted by Gasteiger charge is -2.34. The van der Waals surface area contributed by atoms with Crippen molar-refractivity contribution < 1.29 is 4.79 Å². The fourth-order valence-corrected chi connectivity index (χ4v) is 3.31. The molecule has 1 saturated carbocycles. The summed E-state index contributed by atoms with van der Waals surface area (Å²) in [5, 5.41) is 3.90. The smallest absolute Gasteiger partial charge is 0.254 e. The molecule has 0 aromatic heterocycles. The molecule has 0 radical (unpaired) electrons. The largest absolute Gasteiger partial charge is 0.349 e. The van der Waals surface area contributed by atoms with Gasteiger partial charge in [-0.15, -0.1) is 0 Å². The highest BCUT2D eigenvalue weighted by molar-refractivity contribution is 6.39. The van der Waals surface area contributed by atoms with E-state index in [0.717, 1.165) is 12.8 Å². The standard InChI is InChI=1S/C15H19Cl2NO/c1-9-5-3-8-13(10(9)2)18-15(19)14-11(16)6-4-7-12(14)17/h4,6-7,9-10,13H,3,5,8H2,1-2H3,(H,18,19). The summed E-state index contributed by atoms with van der Waals surface area (Å²) < 4.78 is 0.